The predicted molar refractivity (Wildman–Crippen MR) is 42.6 cm³/mol. The highest BCUT2D eigenvalue weighted by molar-refractivity contribution is 5.81. The van der Waals surface area contributed by atoms with Gasteiger partial charge in [-0.15, -0.1) is 0 Å². The SMILES string of the molecule is C=CC(=O)OC(C)COCC(F)(F)F. The van der Waals surface area contributed by atoms with E-state index in [1.807, 2.05) is 0 Å². The third-order valence-corrected chi connectivity index (χ3v) is 1.10. The summed E-state index contributed by atoms with van der Waals surface area (Å²) in [5.41, 5.74) is 0. The zero-order valence-electron chi connectivity index (χ0n) is 7.63. The Bertz CT molecular complexity index is 200. The van der Waals surface area contributed by atoms with Crippen molar-refractivity contribution in [1.29, 1.82) is 0 Å². The normalized spacial score (nSPS) is 13.4. The van der Waals surface area contributed by atoms with Crippen LogP contribution in [-0.2, 0) is 14.3 Å². The highest BCUT2D eigenvalue weighted by atomic mass is 19.4. The molecule has 82 valence electrons. The van der Waals surface area contributed by atoms with E-state index in [0.29, 0.717) is 0 Å². The summed E-state index contributed by atoms with van der Waals surface area (Å²) in [4.78, 5) is 10.6. The van der Waals surface area contributed by atoms with Crippen LogP contribution in [0.25, 0.3) is 0 Å². The maximum Gasteiger partial charge on any atom is 0.411 e. The monoisotopic (exact) mass is 212 g/mol. The second kappa shape index (κ2) is 5.64. The van der Waals surface area contributed by atoms with Crippen LogP contribution in [-0.4, -0.2) is 31.5 Å². The first-order valence-corrected chi connectivity index (χ1v) is 3.82. The first kappa shape index (κ1) is 13.0. The molecule has 0 rings (SSSR count). The Morgan fingerprint density at radius 3 is 2.57 bits per heavy atom. The lowest BCUT2D eigenvalue weighted by molar-refractivity contribution is -0.181. The number of halogens is 3. The van der Waals surface area contributed by atoms with Crippen molar-refractivity contribution in [3.8, 4) is 0 Å². The number of alkyl halides is 3. The Hall–Kier alpha value is -1.04. The number of esters is 1. The molecule has 0 spiro atoms. The first-order chi connectivity index (χ1) is 6.35. The van der Waals surface area contributed by atoms with Gasteiger partial charge in [0, 0.05) is 6.08 Å². The minimum atomic E-state index is -4.36. The van der Waals surface area contributed by atoms with Crippen LogP contribution in [0, 0.1) is 0 Å². The van der Waals surface area contributed by atoms with E-state index in [1.165, 1.54) is 6.92 Å². The molecule has 1 atom stereocenters. The fourth-order valence-electron chi connectivity index (χ4n) is 0.621. The molecule has 0 bridgehead atoms. The molecule has 0 aliphatic carbocycles. The van der Waals surface area contributed by atoms with Crippen molar-refractivity contribution < 1.29 is 27.4 Å². The van der Waals surface area contributed by atoms with Gasteiger partial charge in [0.15, 0.2) is 0 Å². The molecular formula is C8H11F3O3. The van der Waals surface area contributed by atoms with Gasteiger partial charge in [0.2, 0.25) is 0 Å². The second-order valence-electron chi connectivity index (χ2n) is 2.58. The molecule has 0 fully saturated rings. The third-order valence-electron chi connectivity index (χ3n) is 1.10. The van der Waals surface area contributed by atoms with E-state index in [4.69, 9.17) is 0 Å². The van der Waals surface area contributed by atoms with Gasteiger partial charge >= 0.3 is 12.1 Å². The quantitative estimate of drug-likeness (QED) is 0.513. The Morgan fingerprint density at radius 1 is 1.57 bits per heavy atom. The molecular weight excluding hydrogens is 201 g/mol. The van der Waals surface area contributed by atoms with Gasteiger partial charge in [-0.25, -0.2) is 4.79 Å². The minimum Gasteiger partial charge on any atom is -0.457 e. The molecule has 0 aromatic carbocycles. The molecule has 0 aromatic rings. The van der Waals surface area contributed by atoms with Gasteiger partial charge in [0.25, 0.3) is 0 Å². The third kappa shape index (κ3) is 7.60. The van der Waals surface area contributed by atoms with E-state index >= 15 is 0 Å². The Kier molecular flexibility index (Phi) is 5.22. The first-order valence-electron chi connectivity index (χ1n) is 3.82. The van der Waals surface area contributed by atoms with Crippen LogP contribution in [0.5, 0.6) is 0 Å². The summed E-state index contributed by atoms with van der Waals surface area (Å²) in [6.07, 6.45) is -4.15. The minimum absolute atomic E-state index is 0.293. The van der Waals surface area contributed by atoms with Gasteiger partial charge in [0.1, 0.15) is 12.7 Å². The van der Waals surface area contributed by atoms with Crippen molar-refractivity contribution in [3.63, 3.8) is 0 Å². The number of hydrogen-bond donors (Lipinski definition) is 0. The van der Waals surface area contributed by atoms with E-state index in [2.05, 4.69) is 16.1 Å². The number of carbonyl (C=O) groups excluding carboxylic acids is 1. The fourth-order valence-corrected chi connectivity index (χ4v) is 0.621. The zero-order valence-corrected chi connectivity index (χ0v) is 7.63. The van der Waals surface area contributed by atoms with Gasteiger partial charge in [-0.1, -0.05) is 6.58 Å². The van der Waals surface area contributed by atoms with E-state index in [-0.39, 0.29) is 6.61 Å². The molecule has 0 aromatic heterocycles. The summed E-state index contributed by atoms with van der Waals surface area (Å²) in [7, 11) is 0. The molecule has 0 N–H and O–H groups in total. The summed E-state index contributed by atoms with van der Waals surface area (Å²) in [6, 6.07) is 0. The highest BCUT2D eigenvalue weighted by Gasteiger charge is 2.27. The second-order valence-corrected chi connectivity index (χ2v) is 2.58. The lowest BCUT2D eigenvalue weighted by atomic mass is 10.4. The van der Waals surface area contributed by atoms with Gasteiger partial charge in [0.05, 0.1) is 6.61 Å². The fraction of sp³-hybridized carbons (Fsp3) is 0.625. The van der Waals surface area contributed by atoms with Crippen molar-refractivity contribution in [2.24, 2.45) is 0 Å². The average molecular weight is 212 g/mol. The molecule has 6 heteroatoms. The summed E-state index contributed by atoms with van der Waals surface area (Å²) in [5.74, 6) is -0.687. The molecule has 1 unspecified atom stereocenters. The average Bonchev–Trinajstić information content (AvgIpc) is 2.01. The smallest absolute Gasteiger partial charge is 0.411 e. The van der Waals surface area contributed by atoms with Gasteiger partial charge in [-0.3, -0.25) is 0 Å². The highest BCUT2D eigenvalue weighted by Crippen LogP contribution is 2.14. The van der Waals surface area contributed by atoms with E-state index in [1.54, 1.807) is 0 Å². The largest absolute Gasteiger partial charge is 0.457 e. The Balaban J connectivity index is 3.59. The molecule has 0 saturated heterocycles. The molecule has 0 amide bonds. The van der Waals surface area contributed by atoms with Crippen molar-refractivity contribution >= 4 is 5.97 Å². The molecule has 0 radical (unpaired) electrons. The summed E-state index contributed by atoms with van der Waals surface area (Å²) in [6.45, 7) is 2.93. The van der Waals surface area contributed by atoms with Crippen LogP contribution in [0.3, 0.4) is 0 Å². The lowest BCUT2D eigenvalue weighted by Crippen LogP contribution is -2.24. The van der Waals surface area contributed by atoms with Crippen LogP contribution in [0.4, 0.5) is 13.2 Å². The van der Waals surface area contributed by atoms with Crippen molar-refractivity contribution in [2.75, 3.05) is 13.2 Å². The summed E-state index contributed by atoms with van der Waals surface area (Å²) < 4.78 is 43.6. The van der Waals surface area contributed by atoms with Crippen LogP contribution < -0.4 is 0 Å². The van der Waals surface area contributed by atoms with Gasteiger partial charge in [-0.2, -0.15) is 13.2 Å². The van der Waals surface area contributed by atoms with E-state index in [0.717, 1.165) is 6.08 Å². The maximum absolute atomic E-state index is 11.6. The van der Waals surface area contributed by atoms with Crippen LogP contribution in [0.2, 0.25) is 0 Å². The van der Waals surface area contributed by atoms with Crippen molar-refractivity contribution in [1.82, 2.24) is 0 Å². The molecule has 0 heterocycles. The van der Waals surface area contributed by atoms with Crippen LogP contribution in [0.15, 0.2) is 12.7 Å². The Labute approximate surface area is 79.5 Å². The van der Waals surface area contributed by atoms with Gasteiger partial charge in [-0.05, 0) is 6.92 Å². The predicted octanol–water partition coefficient (Wildman–Crippen LogP) is 1.68. The summed E-state index contributed by atoms with van der Waals surface area (Å²) in [5, 5.41) is 0. The number of ether oxygens (including phenoxy) is 2. The van der Waals surface area contributed by atoms with E-state index in [9.17, 15) is 18.0 Å². The van der Waals surface area contributed by atoms with Crippen molar-refractivity contribution in [3.05, 3.63) is 12.7 Å². The lowest BCUT2D eigenvalue weighted by Gasteiger charge is -2.13. The van der Waals surface area contributed by atoms with Crippen LogP contribution >= 0.6 is 0 Å². The molecule has 3 nitrogen and oxygen atoms in total. The van der Waals surface area contributed by atoms with Crippen LogP contribution in [0.1, 0.15) is 6.92 Å². The topological polar surface area (TPSA) is 35.5 Å². The van der Waals surface area contributed by atoms with E-state index < -0.39 is 24.9 Å². The number of rotatable bonds is 5. The molecule has 0 aliphatic rings. The zero-order chi connectivity index (χ0) is 11.2. The standard InChI is InChI=1S/C8H11F3O3/c1-3-7(12)14-6(2)4-13-5-8(9,10)11/h3,6H,1,4-5H2,2H3. The number of carbonyl (C=O) groups is 1. The molecule has 14 heavy (non-hydrogen) atoms. The molecule has 0 aliphatic heterocycles. The maximum atomic E-state index is 11.6. The Morgan fingerprint density at radius 2 is 2.14 bits per heavy atom. The summed E-state index contributed by atoms with van der Waals surface area (Å²) >= 11 is 0. The number of hydrogen-bond acceptors (Lipinski definition) is 3. The van der Waals surface area contributed by atoms with Crippen molar-refractivity contribution in [2.45, 2.75) is 19.2 Å². The molecule has 0 saturated carbocycles. The van der Waals surface area contributed by atoms with Gasteiger partial charge < -0.3 is 9.47 Å².